The van der Waals surface area contributed by atoms with E-state index in [1.807, 2.05) is 0 Å². The van der Waals surface area contributed by atoms with Crippen molar-refractivity contribution in [2.45, 2.75) is 56.2 Å². The van der Waals surface area contributed by atoms with E-state index in [2.05, 4.69) is 5.32 Å². The molecule has 0 aromatic heterocycles. The summed E-state index contributed by atoms with van der Waals surface area (Å²) in [7, 11) is 2.57. The van der Waals surface area contributed by atoms with E-state index in [9.17, 15) is 19.7 Å². The van der Waals surface area contributed by atoms with E-state index in [4.69, 9.17) is 21.1 Å². The molecule has 0 radical (unpaired) electrons. The average Bonchev–Trinajstić information content (AvgIpc) is 2.86. The van der Waals surface area contributed by atoms with Crippen LogP contribution in [0.5, 0.6) is 0 Å². The van der Waals surface area contributed by atoms with Gasteiger partial charge in [0.2, 0.25) is 0 Å². The van der Waals surface area contributed by atoms with E-state index >= 15 is 0 Å². The molecule has 3 rings (SSSR count). The number of alkyl halides is 1. The molecule has 0 saturated heterocycles. The second-order valence-electron chi connectivity index (χ2n) is 8.86. The lowest BCUT2D eigenvalue weighted by Gasteiger charge is -2.42. The van der Waals surface area contributed by atoms with Gasteiger partial charge in [0.25, 0.3) is 5.69 Å². The highest BCUT2D eigenvalue weighted by Gasteiger charge is 2.52. The van der Waals surface area contributed by atoms with Gasteiger partial charge in [-0.15, -0.1) is 11.6 Å². The molecule has 0 bridgehead atoms. The van der Waals surface area contributed by atoms with Crippen LogP contribution in [0.15, 0.2) is 36.0 Å². The SMILES string of the molecule is COC(=O)C1=CNCC(CCC(Cl)C2CCCCC2)(C(=O)OC)C1c1cccc([N+](=O)[O-])c1. The Hall–Kier alpha value is -2.61. The van der Waals surface area contributed by atoms with Crippen molar-refractivity contribution in [3.05, 3.63) is 51.7 Å². The lowest BCUT2D eigenvalue weighted by Crippen LogP contribution is -2.50. The topological polar surface area (TPSA) is 108 Å². The minimum absolute atomic E-state index is 0.106. The van der Waals surface area contributed by atoms with Gasteiger partial charge < -0.3 is 14.8 Å². The minimum atomic E-state index is -1.18. The third-order valence-corrected chi connectivity index (χ3v) is 7.57. The highest BCUT2D eigenvalue weighted by atomic mass is 35.5. The molecule has 33 heavy (non-hydrogen) atoms. The lowest BCUT2D eigenvalue weighted by atomic mass is 9.64. The predicted molar refractivity (Wildman–Crippen MR) is 124 cm³/mol. The number of rotatable bonds is 8. The summed E-state index contributed by atoms with van der Waals surface area (Å²) in [4.78, 5) is 37.0. The maximum absolute atomic E-state index is 13.3. The molecule has 1 N–H and O–H groups in total. The summed E-state index contributed by atoms with van der Waals surface area (Å²) in [5.41, 5.74) is -0.592. The number of hydrogen-bond donors (Lipinski definition) is 1. The second kappa shape index (κ2) is 11.0. The van der Waals surface area contributed by atoms with E-state index in [1.54, 1.807) is 12.1 Å². The normalized spacial score (nSPS) is 24.2. The number of non-ortho nitro benzene ring substituents is 1. The first-order valence-corrected chi connectivity index (χ1v) is 11.8. The number of nitro groups is 1. The summed E-state index contributed by atoms with van der Waals surface area (Å²) in [6, 6.07) is 6.03. The fraction of sp³-hybridized carbons (Fsp3) is 0.583. The van der Waals surface area contributed by atoms with E-state index in [1.165, 1.54) is 39.0 Å². The first-order valence-electron chi connectivity index (χ1n) is 11.3. The van der Waals surface area contributed by atoms with Crippen molar-refractivity contribution in [1.82, 2.24) is 5.32 Å². The van der Waals surface area contributed by atoms with Gasteiger partial charge >= 0.3 is 11.9 Å². The molecule has 9 heteroatoms. The Morgan fingerprint density at radius 2 is 1.97 bits per heavy atom. The van der Waals surface area contributed by atoms with Crippen molar-refractivity contribution in [2.75, 3.05) is 20.8 Å². The Labute approximate surface area is 198 Å². The van der Waals surface area contributed by atoms with Crippen molar-refractivity contribution < 1.29 is 24.0 Å². The molecule has 0 spiro atoms. The quantitative estimate of drug-likeness (QED) is 0.254. The van der Waals surface area contributed by atoms with Gasteiger partial charge in [0.1, 0.15) is 0 Å². The van der Waals surface area contributed by atoms with Gasteiger partial charge in [0, 0.05) is 36.2 Å². The summed E-state index contributed by atoms with van der Waals surface area (Å²) < 4.78 is 10.2. The summed E-state index contributed by atoms with van der Waals surface area (Å²) in [6.45, 7) is 0.210. The van der Waals surface area contributed by atoms with Gasteiger partial charge in [0.15, 0.2) is 0 Å². The average molecular weight is 479 g/mol. The monoisotopic (exact) mass is 478 g/mol. The standard InChI is InChI=1S/C24H31ClN2O6/c1-32-22(28)19-14-26-15-24(23(29)33-2,12-11-20(25)16-7-4-3-5-8-16)21(19)17-9-6-10-18(13-17)27(30)31/h6,9-10,13-14,16,20-21,26H,3-5,7-8,11-12,15H2,1-2H3. The summed E-state index contributed by atoms with van der Waals surface area (Å²) in [5, 5.41) is 14.4. The number of carbonyl (C=O) groups is 2. The number of nitro benzene ring substituents is 1. The zero-order valence-corrected chi connectivity index (χ0v) is 19.8. The fourth-order valence-electron chi connectivity index (χ4n) is 5.29. The van der Waals surface area contributed by atoms with E-state index in [-0.39, 0.29) is 23.2 Å². The number of ether oxygens (including phenoxy) is 2. The van der Waals surface area contributed by atoms with E-state index in [0.717, 1.165) is 25.7 Å². The molecule has 180 valence electrons. The second-order valence-corrected chi connectivity index (χ2v) is 9.42. The van der Waals surface area contributed by atoms with Crippen LogP contribution in [0.1, 0.15) is 56.4 Å². The van der Waals surface area contributed by atoms with Crippen LogP contribution in [-0.2, 0) is 19.1 Å². The molecule has 1 aliphatic heterocycles. The molecule has 1 heterocycles. The molecule has 1 saturated carbocycles. The molecule has 0 amide bonds. The first-order chi connectivity index (χ1) is 15.8. The molecule has 3 atom stereocenters. The zero-order chi connectivity index (χ0) is 24.0. The van der Waals surface area contributed by atoms with Crippen molar-refractivity contribution >= 4 is 29.2 Å². The van der Waals surface area contributed by atoms with Crippen LogP contribution in [0.3, 0.4) is 0 Å². The number of hydrogen-bond acceptors (Lipinski definition) is 7. The molecule has 1 aromatic rings. The van der Waals surface area contributed by atoms with E-state index in [0.29, 0.717) is 24.3 Å². The van der Waals surface area contributed by atoms with Gasteiger partial charge in [-0.05, 0) is 37.2 Å². The molecule has 3 unspecified atom stereocenters. The van der Waals surface area contributed by atoms with Crippen molar-refractivity contribution in [3.8, 4) is 0 Å². The van der Waals surface area contributed by atoms with E-state index < -0.39 is 28.2 Å². The van der Waals surface area contributed by atoms with Crippen LogP contribution in [0, 0.1) is 21.4 Å². The van der Waals surface area contributed by atoms with Crippen LogP contribution < -0.4 is 5.32 Å². The number of nitrogens with one attached hydrogen (secondary N) is 1. The Morgan fingerprint density at radius 1 is 1.24 bits per heavy atom. The Bertz CT molecular complexity index is 914. The number of halogens is 1. The maximum atomic E-state index is 13.3. The molecule has 1 aromatic carbocycles. The first kappa shape index (κ1) is 25.0. The Kier molecular flexibility index (Phi) is 8.35. The maximum Gasteiger partial charge on any atom is 0.335 e. The molecule has 2 aliphatic rings. The van der Waals surface area contributed by atoms with Crippen molar-refractivity contribution in [1.29, 1.82) is 0 Å². The Balaban J connectivity index is 2.03. The van der Waals surface area contributed by atoms with Crippen molar-refractivity contribution in [2.24, 2.45) is 11.3 Å². The third kappa shape index (κ3) is 5.32. The third-order valence-electron chi connectivity index (χ3n) is 6.99. The highest BCUT2D eigenvalue weighted by Crippen LogP contribution is 2.49. The largest absolute Gasteiger partial charge is 0.469 e. The number of methoxy groups -OCH3 is 2. The summed E-state index contributed by atoms with van der Waals surface area (Å²) in [5.74, 6) is -1.50. The zero-order valence-electron chi connectivity index (χ0n) is 19.1. The van der Waals surface area contributed by atoms with Gasteiger partial charge in [0.05, 0.1) is 30.1 Å². The van der Waals surface area contributed by atoms with Crippen LogP contribution in [-0.4, -0.2) is 43.0 Å². The van der Waals surface area contributed by atoms with Crippen LogP contribution in [0.4, 0.5) is 5.69 Å². The molecule has 1 aliphatic carbocycles. The molecule has 8 nitrogen and oxygen atoms in total. The molecular formula is C24H31ClN2O6. The smallest absolute Gasteiger partial charge is 0.335 e. The molecular weight excluding hydrogens is 448 g/mol. The van der Waals surface area contributed by atoms with Crippen LogP contribution in [0.25, 0.3) is 0 Å². The van der Waals surface area contributed by atoms with Gasteiger partial charge in [-0.1, -0.05) is 31.4 Å². The molecule has 1 fully saturated rings. The van der Waals surface area contributed by atoms with Gasteiger partial charge in [-0.3, -0.25) is 14.9 Å². The highest BCUT2D eigenvalue weighted by molar-refractivity contribution is 6.20. The van der Waals surface area contributed by atoms with Crippen LogP contribution >= 0.6 is 11.6 Å². The van der Waals surface area contributed by atoms with Crippen LogP contribution in [0.2, 0.25) is 0 Å². The summed E-state index contributed by atoms with van der Waals surface area (Å²) >= 11 is 6.81. The van der Waals surface area contributed by atoms with Gasteiger partial charge in [-0.25, -0.2) is 4.79 Å². The number of carbonyl (C=O) groups excluding carboxylic acids is 2. The fourth-order valence-corrected chi connectivity index (χ4v) is 5.65. The Morgan fingerprint density at radius 3 is 2.61 bits per heavy atom. The van der Waals surface area contributed by atoms with Gasteiger partial charge in [-0.2, -0.15) is 0 Å². The number of benzene rings is 1. The summed E-state index contributed by atoms with van der Waals surface area (Å²) in [6.07, 6.45) is 8.11. The lowest BCUT2D eigenvalue weighted by molar-refractivity contribution is -0.384. The minimum Gasteiger partial charge on any atom is -0.469 e. The van der Waals surface area contributed by atoms with Crippen molar-refractivity contribution in [3.63, 3.8) is 0 Å². The number of esters is 2. The number of nitrogens with zero attached hydrogens (tertiary/aromatic N) is 1. The predicted octanol–water partition coefficient (Wildman–Crippen LogP) is 4.47.